The molecule has 2 unspecified atom stereocenters. The van der Waals surface area contributed by atoms with Crippen LogP contribution in [0.4, 0.5) is 0 Å². The number of hydrogen-bond donors (Lipinski definition) is 0. The molecule has 5 heteroatoms. The molecule has 40 valence electrons. The predicted molar refractivity (Wildman–Crippen MR) is 51.0 cm³/mol. The van der Waals surface area contributed by atoms with Crippen LogP contribution < -0.4 is 0 Å². The molecule has 0 saturated carbocycles. The van der Waals surface area contributed by atoms with Gasteiger partial charge in [-0.2, -0.15) is 40.5 Å². The second-order valence-electron chi connectivity index (χ2n) is 0. The second-order valence-corrected chi connectivity index (χ2v) is 0. The van der Waals surface area contributed by atoms with E-state index in [1.54, 1.807) is 0 Å². The van der Waals surface area contributed by atoms with Crippen LogP contribution in [-0.2, 0) is 0 Å². The van der Waals surface area contributed by atoms with Crippen LogP contribution in [0.1, 0.15) is 0 Å². The fourth-order valence-corrected chi connectivity index (χ4v) is 0. The number of rotatable bonds is 0. The summed E-state index contributed by atoms with van der Waals surface area (Å²) in [7, 11) is 0. The quantitative estimate of drug-likeness (QED) is 0.440. The molecule has 0 amide bonds. The van der Waals surface area contributed by atoms with E-state index >= 15 is 0 Å². The maximum absolute atomic E-state index is 0. The summed E-state index contributed by atoms with van der Waals surface area (Å²) in [6, 6.07) is 0. The Labute approximate surface area is 75.8 Å². The Balaban J connectivity index is 0. The van der Waals surface area contributed by atoms with E-state index < -0.39 is 0 Å². The van der Waals surface area contributed by atoms with Crippen molar-refractivity contribution in [1.82, 2.24) is 0 Å². The first kappa shape index (κ1) is 58.0. The van der Waals surface area contributed by atoms with Crippen LogP contribution in [0.2, 0.25) is 0 Å². The van der Waals surface area contributed by atoms with Gasteiger partial charge < -0.3 is 0 Å². The minimum atomic E-state index is 0. The van der Waals surface area contributed by atoms with Crippen molar-refractivity contribution in [3.8, 4) is 0 Å². The van der Waals surface area contributed by atoms with Gasteiger partial charge in [-0.05, 0) is 0 Å². The molecule has 0 radical (unpaired) electrons. The molecule has 0 aromatic heterocycles. The molecule has 2 atom stereocenters. The van der Waals surface area contributed by atoms with Crippen LogP contribution in [0.15, 0.2) is 0 Å². The van der Waals surface area contributed by atoms with Crippen molar-refractivity contribution >= 4 is 76.4 Å². The Hall–Kier alpha value is 2.17. The summed E-state index contributed by atoms with van der Waals surface area (Å²) >= 11 is 0. The van der Waals surface area contributed by atoms with Gasteiger partial charge in [0.1, 0.15) is 0 Å². The first-order valence-electron chi connectivity index (χ1n) is 0. The van der Waals surface area contributed by atoms with E-state index in [2.05, 4.69) is 0 Å². The van der Waals surface area contributed by atoms with E-state index in [0.29, 0.717) is 0 Å². The number of hydrogen-bond acceptors (Lipinski definition) is 0. The van der Waals surface area contributed by atoms with Gasteiger partial charge in [-0.25, -0.2) is 0 Å². The molecule has 0 bridgehead atoms. The first-order chi connectivity index (χ1) is 0. The first-order valence-corrected chi connectivity index (χ1v) is 0. The van der Waals surface area contributed by atoms with Gasteiger partial charge in [-0.3, -0.25) is 0 Å². The Bertz CT molecular complexity index is 4.85. The molecule has 0 rings (SSSR count). The monoisotopic (exact) mass is 258 g/mol. The molecule has 0 spiro atoms. The third-order valence-electron chi connectivity index (χ3n) is 0. The van der Waals surface area contributed by atoms with Gasteiger partial charge in [0.05, 0.1) is 0 Å². The summed E-state index contributed by atoms with van der Waals surface area (Å²) < 4.78 is 0. The summed E-state index contributed by atoms with van der Waals surface area (Å²) in [5.74, 6) is 0. The topological polar surface area (TPSA) is 0 Å². The molecule has 0 saturated heterocycles. The summed E-state index contributed by atoms with van der Waals surface area (Å²) in [5, 5.41) is 0. The van der Waals surface area contributed by atoms with Crippen LogP contribution in [0.5, 0.6) is 0 Å². The second kappa shape index (κ2) is 35.1. The van der Waals surface area contributed by atoms with Crippen molar-refractivity contribution < 1.29 is 0 Å². The van der Waals surface area contributed by atoms with Crippen LogP contribution >= 0.6 is 40.5 Å². The SMILES string of the molecule is S.S.S.[AsH3].[AsH3]. The zero-order valence-corrected chi connectivity index (χ0v) is 11.8. The summed E-state index contributed by atoms with van der Waals surface area (Å²) in [6.07, 6.45) is 0. The van der Waals surface area contributed by atoms with Crippen LogP contribution in [-0.4, -0.2) is 35.9 Å². The third kappa shape index (κ3) is 22.8. The van der Waals surface area contributed by atoms with Crippen molar-refractivity contribution in [2.24, 2.45) is 0 Å². The Morgan fingerprint density at radius 1 is 0.400 bits per heavy atom. The van der Waals surface area contributed by atoms with Gasteiger partial charge >= 0.3 is 35.9 Å². The van der Waals surface area contributed by atoms with E-state index in [9.17, 15) is 0 Å². The molecule has 0 N–H and O–H groups in total. The van der Waals surface area contributed by atoms with E-state index in [-0.39, 0.29) is 76.4 Å². The van der Waals surface area contributed by atoms with Crippen LogP contribution in [0.25, 0.3) is 0 Å². The third-order valence-corrected chi connectivity index (χ3v) is 0. The average molecular weight is 258 g/mol. The van der Waals surface area contributed by atoms with E-state index in [1.807, 2.05) is 0 Å². The fourth-order valence-electron chi connectivity index (χ4n) is 0. The molecule has 0 aliphatic heterocycles. The summed E-state index contributed by atoms with van der Waals surface area (Å²) in [6.45, 7) is 0. The van der Waals surface area contributed by atoms with Gasteiger partial charge in [0, 0.05) is 0 Å². The maximum atomic E-state index is 0. The van der Waals surface area contributed by atoms with Gasteiger partial charge in [-0.1, -0.05) is 0 Å². The van der Waals surface area contributed by atoms with Crippen LogP contribution in [0.3, 0.4) is 0 Å². The molecule has 0 aliphatic carbocycles. The summed E-state index contributed by atoms with van der Waals surface area (Å²) in [4.78, 5) is 0. The van der Waals surface area contributed by atoms with E-state index in [0.717, 1.165) is 0 Å². The molecule has 0 heterocycles. The van der Waals surface area contributed by atoms with Gasteiger partial charge in [0.15, 0.2) is 0 Å². The standard InChI is InChI=1S/2AsH3.3H2S/h2*1H3;3*1H2. The minimum absolute atomic E-state index is 0. The average Bonchev–Trinajstić information content (AvgIpc) is 0. The van der Waals surface area contributed by atoms with Gasteiger partial charge in [0.25, 0.3) is 0 Å². The summed E-state index contributed by atoms with van der Waals surface area (Å²) in [5.41, 5.74) is 0. The van der Waals surface area contributed by atoms with Gasteiger partial charge in [-0.15, -0.1) is 0 Å². The van der Waals surface area contributed by atoms with Crippen molar-refractivity contribution in [2.75, 3.05) is 0 Å². The molecule has 0 fully saturated rings. The van der Waals surface area contributed by atoms with Crippen LogP contribution in [0, 0.1) is 0 Å². The van der Waals surface area contributed by atoms with Crippen molar-refractivity contribution in [3.63, 3.8) is 0 Å². The molecule has 0 aromatic rings. The Kier molecular flexibility index (Phi) is 407. The molecular weight excluding hydrogens is 246 g/mol. The van der Waals surface area contributed by atoms with Gasteiger partial charge in [0.2, 0.25) is 0 Å². The van der Waals surface area contributed by atoms with E-state index in [4.69, 9.17) is 0 Å². The fraction of sp³-hybridized carbons (Fsp3) is 0. The van der Waals surface area contributed by atoms with Crippen molar-refractivity contribution in [2.45, 2.75) is 0 Å². The normalized spacial score (nSPS) is 0. The van der Waals surface area contributed by atoms with Crippen molar-refractivity contribution in [3.05, 3.63) is 0 Å². The molecule has 0 nitrogen and oxygen atoms in total. The molecule has 5 heavy (non-hydrogen) atoms. The Morgan fingerprint density at radius 3 is 0.400 bits per heavy atom. The Morgan fingerprint density at radius 2 is 0.400 bits per heavy atom. The van der Waals surface area contributed by atoms with Crippen molar-refractivity contribution in [1.29, 1.82) is 0 Å². The zero-order valence-electron chi connectivity index (χ0n) is 2.91. The molecule has 0 aliphatic rings. The van der Waals surface area contributed by atoms with E-state index in [1.165, 1.54) is 0 Å². The predicted octanol–water partition coefficient (Wildman–Crippen LogP) is -2.03. The molecular formula is H12As2S3. The zero-order chi connectivity index (χ0) is 0. The molecule has 0 aromatic carbocycles.